The summed E-state index contributed by atoms with van der Waals surface area (Å²) in [5, 5.41) is 0.881. The van der Waals surface area contributed by atoms with Crippen molar-refractivity contribution in [2.75, 3.05) is 0 Å². The quantitative estimate of drug-likeness (QED) is 0.376. The molecule has 126 valence electrons. The zero-order valence-electron chi connectivity index (χ0n) is 13.7. The molecular weight excluding hydrogens is 329 g/mol. The number of aromatic nitrogens is 1. The SMILES string of the molecule is O=C(Oc1ccc2cc(-c3cccc(F)c3)cnc2c1)c1ccccc1. The molecule has 0 bridgehead atoms. The number of benzene rings is 3. The summed E-state index contributed by atoms with van der Waals surface area (Å²) >= 11 is 0. The summed E-state index contributed by atoms with van der Waals surface area (Å²) in [5.74, 6) is -0.274. The highest BCUT2D eigenvalue weighted by molar-refractivity contribution is 5.92. The van der Waals surface area contributed by atoms with Crippen molar-refractivity contribution in [1.29, 1.82) is 0 Å². The third-order valence-corrected chi connectivity index (χ3v) is 4.03. The van der Waals surface area contributed by atoms with Crippen LogP contribution in [0.25, 0.3) is 22.0 Å². The molecule has 0 aliphatic carbocycles. The number of hydrogen-bond donors (Lipinski definition) is 0. The van der Waals surface area contributed by atoms with E-state index in [-0.39, 0.29) is 5.82 Å². The first-order chi connectivity index (χ1) is 12.7. The maximum atomic E-state index is 13.4. The van der Waals surface area contributed by atoms with E-state index < -0.39 is 5.97 Å². The Morgan fingerprint density at radius 3 is 2.50 bits per heavy atom. The summed E-state index contributed by atoms with van der Waals surface area (Å²) in [6.07, 6.45) is 1.68. The minimum absolute atomic E-state index is 0.286. The van der Waals surface area contributed by atoms with E-state index in [4.69, 9.17) is 4.74 Å². The molecule has 0 atom stereocenters. The lowest BCUT2D eigenvalue weighted by atomic mass is 10.1. The van der Waals surface area contributed by atoms with Crippen LogP contribution in [0.3, 0.4) is 0 Å². The van der Waals surface area contributed by atoms with Crippen molar-refractivity contribution in [2.45, 2.75) is 0 Å². The standard InChI is InChI=1S/C22H14FNO2/c23-19-8-4-7-16(12-19)18-11-17-9-10-20(13-21(17)24-14-18)26-22(25)15-5-2-1-3-6-15/h1-14H. The van der Waals surface area contributed by atoms with Gasteiger partial charge in [0, 0.05) is 23.2 Å². The topological polar surface area (TPSA) is 39.2 Å². The van der Waals surface area contributed by atoms with Gasteiger partial charge in [0.15, 0.2) is 0 Å². The van der Waals surface area contributed by atoms with Crippen LogP contribution in [-0.2, 0) is 0 Å². The molecule has 0 spiro atoms. The van der Waals surface area contributed by atoms with E-state index in [1.807, 2.05) is 24.3 Å². The van der Waals surface area contributed by atoms with Gasteiger partial charge in [-0.2, -0.15) is 0 Å². The minimum Gasteiger partial charge on any atom is -0.423 e. The smallest absolute Gasteiger partial charge is 0.343 e. The number of esters is 1. The van der Waals surface area contributed by atoms with Gasteiger partial charge in [-0.1, -0.05) is 30.3 Å². The predicted octanol–water partition coefficient (Wildman–Crippen LogP) is 5.26. The van der Waals surface area contributed by atoms with Crippen LogP contribution >= 0.6 is 0 Å². The van der Waals surface area contributed by atoms with Crippen LogP contribution in [0.5, 0.6) is 5.75 Å². The monoisotopic (exact) mass is 343 g/mol. The van der Waals surface area contributed by atoms with Gasteiger partial charge in [0.05, 0.1) is 11.1 Å². The number of fused-ring (bicyclic) bond motifs is 1. The van der Waals surface area contributed by atoms with Gasteiger partial charge in [0.2, 0.25) is 0 Å². The van der Waals surface area contributed by atoms with Crippen LogP contribution in [0.1, 0.15) is 10.4 Å². The normalized spacial score (nSPS) is 10.7. The van der Waals surface area contributed by atoms with Gasteiger partial charge in [0.25, 0.3) is 0 Å². The van der Waals surface area contributed by atoms with Crippen LogP contribution in [0.2, 0.25) is 0 Å². The average molecular weight is 343 g/mol. The highest BCUT2D eigenvalue weighted by atomic mass is 19.1. The molecule has 0 fully saturated rings. The predicted molar refractivity (Wildman–Crippen MR) is 98.5 cm³/mol. The maximum absolute atomic E-state index is 13.4. The van der Waals surface area contributed by atoms with Gasteiger partial charge in [-0.3, -0.25) is 4.98 Å². The lowest BCUT2D eigenvalue weighted by Gasteiger charge is -2.07. The van der Waals surface area contributed by atoms with Crippen LogP contribution in [-0.4, -0.2) is 11.0 Å². The molecule has 1 heterocycles. The highest BCUT2D eigenvalue weighted by Gasteiger charge is 2.09. The second-order valence-corrected chi connectivity index (χ2v) is 5.84. The molecule has 0 saturated heterocycles. The fraction of sp³-hybridized carbons (Fsp3) is 0. The van der Waals surface area contributed by atoms with E-state index in [1.54, 1.807) is 48.7 Å². The van der Waals surface area contributed by atoms with Gasteiger partial charge >= 0.3 is 5.97 Å². The van der Waals surface area contributed by atoms with E-state index in [1.165, 1.54) is 12.1 Å². The minimum atomic E-state index is -0.415. The molecule has 4 rings (SSSR count). The van der Waals surface area contributed by atoms with Crippen molar-refractivity contribution in [3.8, 4) is 16.9 Å². The number of pyridine rings is 1. The maximum Gasteiger partial charge on any atom is 0.343 e. The van der Waals surface area contributed by atoms with Crippen LogP contribution < -0.4 is 4.74 Å². The van der Waals surface area contributed by atoms with Crippen molar-refractivity contribution in [3.05, 3.63) is 96.4 Å². The lowest BCUT2D eigenvalue weighted by molar-refractivity contribution is 0.0735. The number of nitrogens with zero attached hydrogens (tertiary/aromatic N) is 1. The summed E-state index contributed by atoms with van der Waals surface area (Å²) in [7, 11) is 0. The van der Waals surface area contributed by atoms with Gasteiger partial charge in [-0.15, -0.1) is 0 Å². The van der Waals surface area contributed by atoms with Gasteiger partial charge in [-0.05, 0) is 48.0 Å². The average Bonchev–Trinajstić information content (AvgIpc) is 2.68. The molecule has 3 nitrogen and oxygen atoms in total. The van der Waals surface area contributed by atoms with Gasteiger partial charge < -0.3 is 4.74 Å². The zero-order chi connectivity index (χ0) is 17.9. The van der Waals surface area contributed by atoms with E-state index in [9.17, 15) is 9.18 Å². The molecule has 0 aliphatic heterocycles. The van der Waals surface area contributed by atoms with Crippen molar-refractivity contribution < 1.29 is 13.9 Å². The number of carbonyl (C=O) groups excluding carboxylic acids is 1. The van der Waals surface area contributed by atoms with Crippen molar-refractivity contribution in [3.63, 3.8) is 0 Å². The first-order valence-electron chi connectivity index (χ1n) is 8.12. The summed E-state index contributed by atoms with van der Waals surface area (Å²) < 4.78 is 18.8. The fourth-order valence-electron chi connectivity index (χ4n) is 2.73. The number of halogens is 1. The molecule has 0 N–H and O–H groups in total. The lowest BCUT2D eigenvalue weighted by Crippen LogP contribution is -2.08. The Morgan fingerprint density at radius 1 is 0.846 bits per heavy atom. The number of hydrogen-bond acceptors (Lipinski definition) is 3. The molecule has 0 amide bonds. The second kappa shape index (κ2) is 6.76. The third-order valence-electron chi connectivity index (χ3n) is 4.03. The van der Waals surface area contributed by atoms with Crippen LogP contribution in [0, 0.1) is 5.82 Å². The Morgan fingerprint density at radius 2 is 1.69 bits per heavy atom. The summed E-state index contributed by atoms with van der Waals surface area (Å²) in [6.45, 7) is 0. The van der Waals surface area contributed by atoms with E-state index in [0.29, 0.717) is 16.8 Å². The van der Waals surface area contributed by atoms with Crippen molar-refractivity contribution in [1.82, 2.24) is 4.98 Å². The Hall–Kier alpha value is -3.53. The Balaban J connectivity index is 1.62. The van der Waals surface area contributed by atoms with Gasteiger partial charge in [-0.25, -0.2) is 9.18 Å². The zero-order valence-corrected chi connectivity index (χ0v) is 13.7. The second-order valence-electron chi connectivity index (χ2n) is 5.84. The van der Waals surface area contributed by atoms with Crippen molar-refractivity contribution in [2.24, 2.45) is 0 Å². The Bertz CT molecular complexity index is 1090. The molecular formula is C22H14FNO2. The first kappa shape index (κ1) is 16.0. The van der Waals surface area contributed by atoms with E-state index in [0.717, 1.165) is 16.5 Å². The highest BCUT2D eigenvalue weighted by Crippen LogP contribution is 2.26. The summed E-state index contributed by atoms with van der Waals surface area (Å²) in [4.78, 5) is 16.6. The number of carbonyl (C=O) groups is 1. The number of rotatable bonds is 3. The molecule has 0 unspecified atom stereocenters. The van der Waals surface area contributed by atoms with Crippen molar-refractivity contribution >= 4 is 16.9 Å². The first-order valence-corrected chi connectivity index (χ1v) is 8.12. The number of ether oxygens (including phenoxy) is 1. The van der Waals surface area contributed by atoms with E-state index in [2.05, 4.69) is 4.98 Å². The third kappa shape index (κ3) is 3.30. The Labute approximate surface area is 149 Å². The summed E-state index contributed by atoms with van der Waals surface area (Å²) in [6, 6.07) is 22.4. The largest absolute Gasteiger partial charge is 0.423 e. The van der Waals surface area contributed by atoms with E-state index >= 15 is 0 Å². The molecule has 4 aromatic rings. The van der Waals surface area contributed by atoms with Crippen LogP contribution in [0.4, 0.5) is 4.39 Å². The Kier molecular flexibility index (Phi) is 4.15. The molecule has 3 aromatic carbocycles. The molecule has 4 heteroatoms. The summed E-state index contributed by atoms with van der Waals surface area (Å²) in [5.41, 5.74) is 2.77. The van der Waals surface area contributed by atoms with Gasteiger partial charge in [0.1, 0.15) is 11.6 Å². The molecule has 0 radical (unpaired) electrons. The molecule has 1 aromatic heterocycles. The fourth-order valence-corrected chi connectivity index (χ4v) is 2.73. The van der Waals surface area contributed by atoms with Crippen LogP contribution in [0.15, 0.2) is 85.1 Å². The molecule has 0 saturated carbocycles. The molecule has 0 aliphatic rings. The molecule has 26 heavy (non-hydrogen) atoms.